The summed E-state index contributed by atoms with van der Waals surface area (Å²) in [5.41, 5.74) is 2.08. The first-order chi connectivity index (χ1) is 9.78. The lowest BCUT2D eigenvalue weighted by Crippen LogP contribution is -2.04. The molecule has 0 saturated heterocycles. The van der Waals surface area contributed by atoms with Crippen molar-refractivity contribution in [2.75, 3.05) is 0 Å². The molecule has 6 heteroatoms. The van der Waals surface area contributed by atoms with Gasteiger partial charge in [0.1, 0.15) is 6.61 Å². The van der Waals surface area contributed by atoms with Crippen molar-refractivity contribution in [1.29, 1.82) is 0 Å². The first-order valence-corrected chi connectivity index (χ1v) is 7.61. The summed E-state index contributed by atoms with van der Waals surface area (Å²) < 4.78 is 1.97. The number of hydrogen-bond donors (Lipinski definition) is 2. The molecule has 5 nitrogen and oxygen atoms in total. The highest BCUT2D eigenvalue weighted by Gasteiger charge is 2.11. The Labute approximate surface area is 122 Å². The fourth-order valence-corrected chi connectivity index (χ4v) is 2.82. The monoisotopic (exact) mass is 293 g/mol. The van der Waals surface area contributed by atoms with Crippen molar-refractivity contribution in [2.45, 2.75) is 44.0 Å². The molecular weight excluding hydrogens is 274 g/mol. The van der Waals surface area contributed by atoms with Crippen LogP contribution < -0.4 is 0 Å². The van der Waals surface area contributed by atoms with Crippen LogP contribution in [0, 0.1) is 0 Å². The van der Waals surface area contributed by atoms with Crippen LogP contribution in [0.3, 0.4) is 0 Å². The Morgan fingerprint density at radius 3 is 2.35 bits per heavy atom. The van der Waals surface area contributed by atoms with Crippen LogP contribution in [-0.4, -0.2) is 25.0 Å². The maximum atomic E-state index is 9.25. The number of benzene rings is 1. The van der Waals surface area contributed by atoms with Gasteiger partial charge in [-0.3, -0.25) is 0 Å². The lowest BCUT2D eigenvalue weighted by molar-refractivity contribution is 0.263. The van der Waals surface area contributed by atoms with Gasteiger partial charge in [-0.25, -0.2) is 0 Å². The zero-order valence-corrected chi connectivity index (χ0v) is 12.3. The normalized spacial score (nSPS) is 10.9. The number of aliphatic hydroxyl groups is 2. The van der Waals surface area contributed by atoms with Crippen LogP contribution in [0.15, 0.2) is 29.4 Å². The van der Waals surface area contributed by atoms with Crippen LogP contribution >= 0.6 is 11.8 Å². The molecule has 0 fully saturated rings. The van der Waals surface area contributed by atoms with Gasteiger partial charge in [0.25, 0.3) is 0 Å². The molecular formula is C14H19N3O2S. The maximum Gasteiger partial charge on any atom is 0.191 e. The molecule has 1 aromatic carbocycles. The van der Waals surface area contributed by atoms with Gasteiger partial charge in [0.2, 0.25) is 0 Å². The first kappa shape index (κ1) is 15.0. The van der Waals surface area contributed by atoms with Gasteiger partial charge in [0.15, 0.2) is 11.0 Å². The van der Waals surface area contributed by atoms with Gasteiger partial charge < -0.3 is 14.8 Å². The smallest absolute Gasteiger partial charge is 0.191 e. The van der Waals surface area contributed by atoms with E-state index in [0.29, 0.717) is 5.82 Å². The van der Waals surface area contributed by atoms with Crippen LogP contribution in [0.4, 0.5) is 0 Å². The maximum absolute atomic E-state index is 9.25. The van der Waals surface area contributed by atoms with Gasteiger partial charge in [0, 0.05) is 12.3 Å². The molecule has 0 aliphatic carbocycles. The lowest BCUT2D eigenvalue weighted by Gasteiger charge is -2.07. The molecule has 0 unspecified atom stereocenters. The van der Waals surface area contributed by atoms with Gasteiger partial charge in [-0.15, -0.1) is 10.2 Å². The zero-order valence-electron chi connectivity index (χ0n) is 11.5. The Kier molecular flexibility index (Phi) is 5.58. The van der Waals surface area contributed by atoms with E-state index in [0.717, 1.165) is 29.4 Å². The Morgan fingerprint density at radius 2 is 1.75 bits per heavy atom. The van der Waals surface area contributed by atoms with Crippen LogP contribution in [0.2, 0.25) is 0 Å². The summed E-state index contributed by atoms with van der Waals surface area (Å²) in [5, 5.41) is 27.2. The number of rotatable bonds is 7. The molecule has 0 aliphatic heterocycles. The fraction of sp³-hybridized carbons (Fsp3) is 0.429. The number of aromatic nitrogens is 3. The Morgan fingerprint density at radius 1 is 1.05 bits per heavy atom. The molecule has 1 heterocycles. The van der Waals surface area contributed by atoms with Gasteiger partial charge in [-0.2, -0.15) is 0 Å². The summed E-state index contributed by atoms with van der Waals surface area (Å²) in [6.45, 7) is 2.88. The van der Waals surface area contributed by atoms with Crippen molar-refractivity contribution in [3.05, 3.63) is 41.2 Å². The molecule has 0 saturated carbocycles. The van der Waals surface area contributed by atoms with E-state index in [4.69, 9.17) is 5.11 Å². The summed E-state index contributed by atoms with van der Waals surface area (Å²) in [7, 11) is 0. The van der Waals surface area contributed by atoms with Crippen molar-refractivity contribution in [3.63, 3.8) is 0 Å². The first-order valence-electron chi connectivity index (χ1n) is 6.63. The second-order valence-electron chi connectivity index (χ2n) is 4.47. The highest BCUT2D eigenvalue weighted by molar-refractivity contribution is 7.98. The number of aliphatic hydroxyl groups excluding tert-OH is 2. The Bertz CT molecular complexity index is 540. The highest BCUT2D eigenvalue weighted by Crippen LogP contribution is 2.22. The molecule has 0 amide bonds. The zero-order chi connectivity index (χ0) is 14.4. The minimum Gasteiger partial charge on any atom is -0.392 e. The van der Waals surface area contributed by atoms with Gasteiger partial charge in [0.05, 0.1) is 6.61 Å². The predicted octanol–water partition coefficient (Wildman–Crippen LogP) is 1.96. The molecule has 20 heavy (non-hydrogen) atoms. The van der Waals surface area contributed by atoms with Crippen LogP contribution in [0.1, 0.15) is 30.3 Å². The average molecular weight is 293 g/mol. The number of hydrogen-bond acceptors (Lipinski definition) is 5. The standard InChI is InChI=1S/C14H19N3O2S/c1-2-7-17-13(9-19)15-16-14(17)20-10-12-5-3-11(8-18)4-6-12/h3-6,18-19H,2,7-10H2,1H3. The molecule has 108 valence electrons. The van der Waals surface area contributed by atoms with E-state index >= 15 is 0 Å². The van der Waals surface area contributed by atoms with Crippen LogP contribution in [-0.2, 0) is 25.5 Å². The lowest BCUT2D eigenvalue weighted by atomic mass is 10.2. The molecule has 0 aliphatic rings. The van der Waals surface area contributed by atoms with E-state index in [1.807, 2.05) is 28.8 Å². The van der Waals surface area contributed by atoms with E-state index in [2.05, 4.69) is 17.1 Å². The summed E-state index contributed by atoms with van der Waals surface area (Å²) in [6.07, 6.45) is 0.976. The molecule has 0 bridgehead atoms. The largest absolute Gasteiger partial charge is 0.392 e. The SMILES string of the molecule is CCCn1c(CO)nnc1SCc1ccc(CO)cc1. The van der Waals surface area contributed by atoms with Crippen molar-refractivity contribution in [3.8, 4) is 0 Å². The Balaban J connectivity index is 2.04. The van der Waals surface area contributed by atoms with Gasteiger partial charge in [-0.05, 0) is 17.5 Å². The molecule has 2 rings (SSSR count). The Hall–Kier alpha value is -1.37. The van der Waals surface area contributed by atoms with E-state index in [9.17, 15) is 5.11 Å². The molecule has 1 aromatic heterocycles. The average Bonchev–Trinajstić information content (AvgIpc) is 2.88. The number of thioether (sulfide) groups is 1. The highest BCUT2D eigenvalue weighted by atomic mass is 32.2. The minimum atomic E-state index is -0.0846. The molecule has 2 N–H and O–H groups in total. The van der Waals surface area contributed by atoms with Gasteiger partial charge >= 0.3 is 0 Å². The summed E-state index contributed by atoms with van der Waals surface area (Å²) in [6, 6.07) is 7.86. The second-order valence-corrected chi connectivity index (χ2v) is 5.41. The van der Waals surface area contributed by atoms with Crippen molar-refractivity contribution in [1.82, 2.24) is 14.8 Å². The van der Waals surface area contributed by atoms with Gasteiger partial charge in [-0.1, -0.05) is 43.0 Å². The van der Waals surface area contributed by atoms with E-state index in [1.54, 1.807) is 11.8 Å². The summed E-state index contributed by atoms with van der Waals surface area (Å²) in [4.78, 5) is 0. The van der Waals surface area contributed by atoms with E-state index in [1.165, 1.54) is 5.56 Å². The van der Waals surface area contributed by atoms with Crippen LogP contribution in [0.25, 0.3) is 0 Å². The van der Waals surface area contributed by atoms with Crippen LogP contribution in [0.5, 0.6) is 0 Å². The van der Waals surface area contributed by atoms with E-state index < -0.39 is 0 Å². The molecule has 0 radical (unpaired) electrons. The predicted molar refractivity (Wildman–Crippen MR) is 78.2 cm³/mol. The fourth-order valence-electron chi connectivity index (χ4n) is 1.88. The van der Waals surface area contributed by atoms with E-state index in [-0.39, 0.29) is 13.2 Å². The van der Waals surface area contributed by atoms with Crippen molar-refractivity contribution >= 4 is 11.8 Å². The summed E-state index contributed by atoms with van der Waals surface area (Å²) >= 11 is 1.61. The quantitative estimate of drug-likeness (QED) is 0.764. The molecule has 2 aromatic rings. The topological polar surface area (TPSA) is 71.2 Å². The third-order valence-electron chi connectivity index (χ3n) is 2.96. The molecule has 0 spiro atoms. The third-order valence-corrected chi connectivity index (χ3v) is 3.99. The van der Waals surface area contributed by atoms with Crippen molar-refractivity contribution < 1.29 is 10.2 Å². The third kappa shape index (κ3) is 3.59. The minimum absolute atomic E-state index is 0.0676. The van der Waals surface area contributed by atoms with Crippen molar-refractivity contribution in [2.24, 2.45) is 0 Å². The summed E-state index contributed by atoms with van der Waals surface area (Å²) in [5.74, 6) is 1.41. The molecule has 0 atom stereocenters. The number of nitrogens with zero attached hydrogens (tertiary/aromatic N) is 3. The second kappa shape index (κ2) is 7.42.